The highest BCUT2D eigenvalue weighted by atomic mass is 16.6. The van der Waals surface area contributed by atoms with Crippen molar-refractivity contribution >= 4 is 17.9 Å². The fourth-order valence-electron chi connectivity index (χ4n) is 2.75. The molecule has 1 aliphatic heterocycles. The molecule has 8 nitrogen and oxygen atoms in total. The molecule has 1 aromatic carbocycles. The smallest absolute Gasteiger partial charge is 0.410 e. The Kier molecular flexibility index (Phi) is 8.70. The van der Waals surface area contributed by atoms with E-state index >= 15 is 0 Å². The van der Waals surface area contributed by atoms with Gasteiger partial charge >= 0.3 is 6.09 Å². The number of ether oxygens (including phenoxy) is 2. The van der Waals surface area contributed by atoms with Crippen molar-refractivity contribution in [3.63, 3.8) is 0 Å². The molecule has 164 valence electrons. The number of carbonyl (C=O) groups excluding carboxylic acids is 3. The van der Waals surface area contributed by atoms with E-state index in [0.717, 1.165) is 6.42 Å². The number of rotatable bonds is 8. The molecule has 0 unspecified atom stereocenters. The van der Waals surface area contributed by atoms with Gasteiger partial charge in [0.25, 0.3) is 5.91 Å². The molecule has 0 spiro atoms. The normalized spacial score (nSPS) is 13.8. The quantitative estimate of drug-likeness (QED) is 0.633. The lowest BCUT2D eigenvalue weighted by molar-refractivity contribution is -0.127. The van der Waals surface area contributed by atoms with Crippen LogP contribution in [0.2, 0.25) is 0 Å². The molecule has 3 amide bonds. The molecule has 0 saturated heterocycles. The average molecular weight is 418 g/mol. The molecule has 0 aliphatic carbocycles. The molecule has 0 radical (unpaired) electrons. The Bertz CT molecular complexity index is 756. The fraction of sp³-hybridized carbons (Fsp3) is 0.500. The highest BCUT2D eigenvalue weighted by Crippen LogP contribution is 2.17. The summed E-state index contributed by atoms with van der Waals surface area (Å²) in [7, 11) is 0. The van der Waals surface area contributed by atoms with Crippen LogP contribution in [0.1, 0.15) is 33.6 Å². The summed E-state index contributed by atoms with van der Waals surface area (Å²) in [6.45, 7) is 6.89. The molecule has 30 heavy (non-hydrogen) atoms. The Balaban J connectivity index is 1.58. The van der Waals surface area contributed by atoms with Crippen LogP contribution >= 0.6 is 0 Å². The molecule has 2 N–H and O–H groups in total. The van der Waals surface area contributed by atoms with Gasteiger partial charge in [0.15, 0.2) is 6.61 Å². The van der Waals surface area contributed by atoms with Crippen LogP contribution in [-0.2, 0) is 14.3 Å². The summed E-state index contributed by atoms with van der Waals surface area (Å²) in [4.78, 5) is 37.3. The van der Waals surface area contributed by atoms with Crippen molar-refractivity contribution in [1.29, 1.82) is 0 Å². The van der Waals surface area contributed by atoms with Crippen molar-refractivity contribution in [3.05, 3.63) is 42.0 Å². The minimum Gasteiger partial charge on any atom is -0.484 e. The zero-order valence-corrected chi connectivity index (χ0v) is 17.9. The average Bonchev–Trinajstić information content (AvgIpc) is 2.70. The van der Waals surface area contributed by atoms with Crippen LogP contribution in [0, 0.1) is 0 Å². The molecule has 0 fully saturated rings. The molecule has 2 rings (SSSR count). The maximum Gasteiger partial charge on any atom is 0.410 e. The van der Waals surface area contributed by atoms with E-state index in [1.807, 2.05) is 45.0 Å². The second-order valence-electron chi connectivity index (χ2n) is 8.02. The lowest BCUT2D eigenvalue weighted by Crippen LogP contribution is -2.40. The number of para-hydroxylation sites is 1. The highest BCUT2D eigenvalue weighted by Gasteiger charge is 2.23. The minimum absolute atomic E-state index is 0.0948. The van der Waals surface area contributed by atoms with Crippen LogP contribution in [0.15, 0.2) is 42.0 Å². The zero-order chi connectivity index (χ0) is 22.0. The summed E-state index contributed by atoms with van der Waals surface area (Å²) in [6, 6.07) is 9.01. The summed E-state index contributed by atoms with van der Waals surface area (Å²) >= 11 is 0. The number of nitrogens with one attached hydrogen (secondary N) is 2. The molecular formula is C22H31N3O5. The van der Waals surface area contributed by atoms with Crippen molar-refractivity contribution in [1.82, 2.24) is 15.5 Å². The summed E-state index contributed by atoms with van der Waals surface area (Å²) in [5.41, 5.74) is 0.685. The van der Waals surface area contributed by atoms with Crippen molar-refractivity contribution < 1.29 is 23.9 Å². The van der Waals surface area contributed by atoms with Gasteiger partial charge < -0.3 is 25.0 Å². The molecule has 1 aliphatic rings. The lowest BCUT2D eigenvalue weighted by Gasteiger charge is -2.29. The predicted octanol–water partition coefficient (Wildman–Crippen LogP) is 2.26. The van der Waals surface area contributed by atoms with E-state index in [9.17, 15) is 14.4 Å². The molecule has 8 heteroatoms. The van der Waals surface area contributed by atoms with Crippen LogP contribution in [0.5, 0.6) is 5.75 Å². The van der Waals surface area contributed by atoms with Gasteiger partial charge in [-0.05, 0) is 45.7 Å². The van der Waals surface area contributed by atoms with Crippen molar-refractivity contribution in [2.24, 2.45) is 0 Å². The Morgan fingerprint density at radius 1 is 1.07 bits per heavy atom. The standard InChI is InChI=1S/C22H31N3O5/c1-22(2,3)30-21(28)25-13-10-17(11-14-25)9-12-23-19(26)15-24-20(27)16-29-18-7-5-4-6-8-18/h4-8,10H,9,11-16H2,1-3H3,(H,23,26)(H,24,27). The van der Waals surface area contributed by atoms with E-state index in [0.29, 0.717) is 31.8 Å². The van der Waals surface area contributed by atoms with E-state index in [1.165, 1.54) is 5.57 Å². The Morgan fingerprint density at radius 2 is 1.80 bits per heavy atom. The van der Waals surface area contributed by atoms with Gasteiger partial charge in [-0.3, -0.25) is 9.59 Å². The first-order valence-electron chi connectivity index (χ1n) is 10.1. The Labute approximate surface area is 177 Å². The second-order valence-corrected chi connectivity index (χ2v) is 8.02. The lowest BCUT2D eigenvalue weighted by atomic mass is 10.1. The first-order chi connectivity index (χ1) is 14.2. The molecule has 1 heterocycles. The highest BCUT2D eigenvalue weighted by molar-refractivity contribution is 5.85. The first kappa shape index (κ1) is 23.3. The van der Waals surface area contributed by atoms with Crippen LogP contribution in [-0.4, -0.2) is 61.2 Å². The molecule has 1 aromatic rings. The number of hydrogen-bond acceptors (Lipinski definition) is 5. The van der Waals surface area contributed by atoms with Gasteiger partial charge in [-0.15, -0.1) is 0 Å². The van der Waals surface area contributed by atoms with Crippen LogP contribution < -0.4 is 15.4 Å². The van der Waals surface area contributed by atoms with Crippen LogP contribution in [0.4, 0.5) is 4.79 Å². The third-order valence-electron chi connectivity index (χ3n) is 4.28. The zero-order valence-electron chi connectivity index (χ0n) is 17.9. The van der Waals surface area contributed by atoms with E-state index in [1.54, 1.807) is 17.0 Å². The molecular weight excluding hydrogens is 386 g/mol. The maximum absolute atomic E-state index is 12.1. The van der Waals surface area contributed by atoms with Crippen LogP contribution in [0.3, 0.4) is 0 Å². The Morgan fingerprint density at radius 3 is 2.43 bits per heavy atom. The maximum atomic E-state index is 12.1. The molecule has 0 saturated carbocycles. The van der Waals surface area contributed by atoms with E-state index in [4.69, 9.17) is 9.47 Å². The van der Waals surface area contributed by atoms with Gasteiger partial charge in [-0.25, -0.2) is 4.79 Å². The second kappa shape index (κ2) is 11.2. The van der Waals surface area contributed by atoms with E-state index < -0.39 is 5.60 Å². The molecule has 0 aromatic heterocycles. The van der Waals surface area contributed by atoms with Gasteiger partial charge in [0.2, 0.25) is 5.91 Å². The number of carbonyl (C=O) groups is 3. The Hall–Kier alpha value is -3.03. The van der Waals surface area contributed by atoms with Crippen molar-refractivity contribution in [2.75, 3.05) is 32.8 Å². The van der Waals surface area contributed by atoms with Gasteiger partial charge in [-0.1, -0.05) is 29.8 Å². The number of benzene rings is 1. The molecule has 0 bridgehead atoms. The topological polar surface area (TPSA) is 97.0 Å². The SMILES string of the molecule is CC(C)(C)OC(=O)N1CC=C(CCNC(=O)CNC(=O)COc2ccccc2)CC1. The van der Waals surface area contributed by atoms with Crippen molar-refractivity contribution in [3.8, 4) is 5.75 Å². The third kappa shape index (κ3) is 8.98. The number of amides is 3. The monoisotopic (exact) mass is 417 g/mol. The number of hydrogen-bond donors (Lipinski definition) is 2. The summed E-state index contributed by atoms with van der Waals surface area (Å²) in [5, 5.41) is 5.31. The largest absolute Gasteiger partial charge is 0.484 e. The van der Waals surface area contributed by atoms with E-state index in [-0.39, 0.29) is 31.1 Å². The van der Waals surface area contributed by atoms with Crippen LogP contribution in [0.25, 0.3) is 0 Å². The van der Waals surface area contributed by atoms with Gasteiger partial charge in [-0.2, -0.15) is 0 Å². The van der Waals surface area contributed by atoms with Gasteiger partial charge in [0, 0.05) is 19.6 Å². The summed E-state index contributed by atoms with van der Waals surface area (Å²) < 4.78 is 10.7. The van der Waals surface area contributed by atoms with Gasteiger partial charge in [0.05, 0.1) is 6.54 Å². The predicted molar refractivity (Wildman–Crippen MR) is 113 cm³/mol. The minimum atomic E-state index is -0.506. The van der Waals surface area contributed by atoms with Gasteiger partial charge in [0.1, 0.15) is 11.4 Å². The number of nitrogens with zero attached hydrogens (tertiary/aromatic N) is 1. The fourth-order valence-corrected chi connectivity index (χ4v) is 2.75. The third-order valence-corrected chi connectivity index (χ3v) is 4.28. The summed E-state index contributed by atoms with van der Waals surface area (Å²) in [5.74, 6) is -0.0100. The first-order valence-corrected chi connectivity index (χ1v) is 10.1. The van der Waals surface area contributed by atoms with E-state index in [2.05, 4.69) is 10.6 Å². The molecule has 0 atom stereocenters. The summed E-state index contributed by atoms with van der Waals surface area (Å²) in [6.07, 6.45) is 3.15. The van der Waals surface area contributed by atoms with Crippen molar-refractivity contribution in [2.45, 2.75) is 39.2 Å².